The molecule has 0 saturated heterocycles. The fourth-order valence-corrected chi connectivity index (χ4v) is 4.04. The van der Waals surface area contributed by atoms with Gasteiger partial charge in [-0.2, -0.15) is 0 Å². The highest BCUT2D eigenvalue weighted by molar-refractivity contribution is 7.89. The van der Waals surface area contributed by atoms with Gasteiger partial charge in [0.25, 0.3) is 5.91 Å². The lowest BCUT2D eigenvalue weighted by Crippen LogP contribution is -2.28. The Morgan fingerprint density at radius 2 is 1.71 bits per heavy atom. The maximum Gasteiger partial charge on any atom is 0.251 e. The molecule has 1 aliphatic heterocycles. The van der Waals surface area contributed by atoms with Crippen molar-refractivity contribution in [2.75, 3.05) is 19.8 Å². The van der Waals surface area contributed by atoms with Crippen LogP contribution in [-0.2, 0) is 10.0 Å². The summed E-state index contributed by atoms with van der Waals surface area (Å²) in [7, 11) is -3.54. The van der Waals surface area contributed by atoms with Gasteiger partial charge in [-0.3, -0.25) is 4.79 Å². The van der Waals surface area contributed by atoms with Crippen LogP contribution in [0.15, 0.2) is 47.4 Å². The average molecular weight is 404 g/mol. The summed E-state index contributed by atoms with van der Waals surface area (Å²) < 4.78 is 37.6. The van der Waals surface area contributed by atoms with Crippen LogP contribution in [0.2, 0.25) is 0 Å². The van der Waals surface area contributed by atoms with E-state index in [9.17, 15) is 13.2 Å². The molecule has 0 fully saturated rings. The van der Waals surface area contributed by atoms with Gasteiger partial charge in [0.15, 0.2) is 11.5 Å². The molecule has 8 heteroatoms. The number of sulfonamides is 1. The molecule has 2 aromatic carbocycles. The number of hydrogen-bond donors (Lipinski definition) is 2. The van der Waals surface area contributed by atoms with Crippen LogP contribution >= 0.6 is 0 Å². The molecule has 150 valence electrons. The first-order valence-corrected chi connectivity index (χ1v) is 10.7. The number of benzene rings is 2. The van der Waals surface area contributed by atoms with Crippen LogP contribution in [0.3, 0.4) is 0 Å². The lowest BCUT2D eigenvalue weighted by Gasteiger charge is -2.22. The summed E-state index contributed by atoms with van der Waals surface area (Å²) in [4.78, 5) is 12.8. The molecule has 0 bridgehead atoms. The standard InChI is InChI=1S/C20H24N2O5S/c1-3-17(15-7-10-18-19(13-15)27-12-11-26-18)22-20(23)14-5-8-16(9-6-14)28(24,25)21-4-2/h5-10,13,17,21H,3-4,11-12H2,1-2H3,(H,22,23). The predicted molar refractivity (Wildman–Crippen MR) is 105 cm³/mol. The number of amides is 1. The Balaban J connectivity index is 1.74. The molecule has 1 atom stereocenters. The normalized spacial score (nSPS) is 14.4. The summed E-state index contributed by atoms with van der Waals surface area (Å²) in [5.41, 5.74) is 1.32. The highest BCUT2D eigenvalue weighted by atomic mass is 32.2. The summed E-state index contributed by atoms with van der Waals surface area (Å²) in [5, 5.41) is 2.99. The Hall–Kier alpha value is -2.58. The summed E-state index contributed by atoms with van der Waals surface area (Å²) in [6, 6.07) is 11.3. The molecule has 2 N–H and O–H groups in total. The van der Waals surface area contributed by atoms with Gasteiger partial charge in [-0.25, -0.2) is 13.1 Å². The topological polar surface area (TPSA) is 93.7 Å². The van der Waals surface area contributed by atoms with E-state index in [4.69, 9.17) is 9.47 Å². The van der Waals surface area contributed by atoms with Crippen LogP contribution in [0.5, 0.6) is 11.5 Å². The van der Waals surface area contributed by atoms with Crippen molar-refractivity contribution in [3.8, 4) is 11.5 Å². The minimum atomic E-state index is -3.54. The smallest absolute Gasteiger partial charge is 0.251 e. The lowest BCUT2D eigenvalue weighted by molar-refractivity contribution is 0.0935. The number of hydrogen-bond acceptors (Lipinski definition) is 5. The van der Waals surface area contributed by atoms with E-state index in [2.05, 4.69) is 10.0 Å². The maximum atomic E-state index is 12.6. The number of rotatable bonds is 7. The highest BCUT2D eigenvalue weighted by Crippen LogP contribution is 2.33. The second-order valence-corrected chi connectivity index (χ2v) is 8.13. The third-order valence-electron chi connectivity index (χ3n) is 4.44. The van der Waals surface area contributed by atoms with Gasteiger partial charge in [0.05, 0.1) is 10.9 Å². The van der Waals surface area contributed by atoms with Crippen molar-refractivity contribution in [3.63, 3.8) is 0 Å². The molecule has 0 saturated carbocycles. The molecule has 1 aliphatic rings. The largest absolute Gasteiger partial charge is 0.486 e. The van der Waals surface area contributed by atoms with Crippen LogP contribution in [0.1, 0.15) is 42.2 Å². The first-order valence-electron chi connectivity index (χ1n) is 9.24. The second kappa shape index (κ2) is 8.62. The zero-order valence-electron chi connectivity index (χ0n) is 15.9. The zero-order chi connectivity index (χ0) is 20.1. The Labute approximate surface area is 165 Å². The van der Waals surface area contributed by atoms with Crippen molar-refractivity contribution in [2.45, 2.75) is 31.2 Å². The minimum absolute atomic E-state index is 0.129. The Kier molecular flexibility index (Phi) is 6.21. The summed E-state index contributed by atoms with van der Waals surface area (Å²) in [5.74, 6) is 1.11. The van der Waals surface area contributed by atoms with E-state index in [0.29, 0.717) is 43.2 Å². The molecule has 0 aliphatic carbocycles. The second-order valence-electron chi connectivity index (χ2n) is 6.36. The van der Waals surface area contributed by atoms with Gasteiger partial charge in [-0.1, -0.05) is 19.9 Å². The van der Waals surface area contributed by atoms with Crippen LogP contribution in [-0.4, -0.2) is 34.1 Å². The van der Waals surface area contributed by atoms with Gasteiger partial charge in [0, 0.05) is 12.1 Å². The van der Waals surface area contributed by atoms with E-state index >= 15 is 0 Å². The highest BCUT2D eigenvalue weighted by Gasteiger charge is 2.19. The minimum Gasteiger partial charge on any atom is -0.486 e. The predicted octanol–water partition coefficient (Wildman–Crippen LogP) is 2.64. The molecule has 7 nitrogen and oxygen atoms in total. The molecule has 0 aromatic heterocycles. The van der Waals surface area contributed by atoms with Crippen LogP contribution in [0, 0.1) is 0 Å². The van der Waals surface area contributed by atoms with Crippen LogP contribution in [0.4, 0.5) is 0 Å². The molecule has 1 unspecified atom stereocenters. The molecule has 1 heterocycles. The zero-order valence-corrected chi connectivity index (χ0v) is 16.7. The summed E-state index contributed by atoms with van der Waals surface area (Å²) in [6.07, 6.45) is 0.693. The van der Waals surface area contributed by atoms with Gasteiger partial charge in [-0.05, 0) is 48.4 Å². The Morgan fingerprint density at radius 3 is 2.36 bits per heavy atom. The molecule has 0 radical (unpaired) electrons. The number of fused-ring (bicyclic) bond motifs is 1. The average Bonchev–Trinajstić information content (AvgIpc) is 2.71. The molecule has 3 rings (SSSR count). The van der Waals surface area contributed by atoms with Crippen LogP contribution < -0.4 is 19.5 Å². The molecule has 0 spiro atoms. The first kappa shape index (κ1) is 20.2. The van der Waals surface area contributed by atoms with Crippen LogP contribution in [0.25, 0.3) is 0 Å². The van der Waals surface area contributed by atoms with E-state index in [-0.39, 0.29) is 16.8 Å². The molecular formula is C20H24N2O5S. The van der Waals surface area contributed by atoms with Crippen molar-refractivity contribution in [1.29, 1.82) is 0 Å². The fourth-order valence-electron chi connectivity index (χ4n) is 3.00. The Bertz CT molecular complexity index is 942. The summed E-state index contributed by atoms with van der Waals surface area (Å²) in [6.45, 7) is 5.02. The molecule has 28 heavy (non-hydrogen) atoms. The summed E-state index contributed by atoms with van der Waals surface area (Å²) >= 11 is 0. The molecule has 2 aromatic rings. The monoisotopic (exact) mass is 404 g/mol. The van der Waals surface area contributed by atoms with Crippen molar-refractivity contribution >= 4 is 15.9 Å². The van der Waals surface area contributed by atoms with E-state index in [1.165, 1.54) is 24.3 Å². The van der Waals surface area contributed by atoms with Crippen molar-refractivity contribution < 1.29 is 22.7 Å². The van der Waals surface area contributed by atoms with Gasteiger partial charge in [-0.15, -0.1) is 0 Å². The fraction of sp³-hybridized carbons (Fsp3) is 0.350. The van der Waals surface area contributed by atoms with Crippen molar-refractivity contribution in [3.05, 3.63) is 53.6 Å². The number of carbonyl (C=O) groups excluding carboxylic acids is 1. The quantitative estimate of drug-likeness (QED) is 0.740. The van der Waals surface area contributed by atoms with Gasteiger partial charge < -0.3 is 14.8 Å². The van der Waals surface area contributed by atoms with Gasteiger partial charge in [0.2, 0.25) is 10.0 Å². The maximum absolute atomic E-state index is 12.6. The SMILES string of the molecule is CCNS(=O)(=O)c1ccc(C(=O)NC(CC)c2ccc3c(c2)OCCO3)cc1. The molecule has 1 amide bonds. The third-order valence-corrected chi connectivity index (χ3v) is 6.00. The van der Waals surface area contributed by atoms with E-state index in [1.807, 2.05) is 25.1 Å². The van der Waals surface area contributed by atoms with Crippen molar-refractivity contribution in [2.24, 2.45) is 0 Å². The van der Waals surface area contributed by atoms with Crippen molar-refractivity contribution in [1.82, 2.24) is 10.0 Å². The molecular weight excluding hydrogens is 380 g/mol. The first-order chi connectivity index (χ1) is 13.4. The number of ether oxygens (including phenoxy) is 2. The van der Waals surface area contributed by atoms with Gasteiger partial charge >= 0.3 is 0 Å². The van der Waals surface area contributed by atoms with E-state index < -0.39 is 10.0 Å². The third kappa shape index (κ3) is 4.45. The van der Waals surface area contributed by atoms with E-state index in [1.54, 1.807) is 6.92 Å². The Morgan fingerprint density at radius 1 is 1.04 bits per heavy atom. The number of nitrogens with one attached hydrogen (secondary N) is 2. The lowest BCUT2D eigenvalue weighted by atomic mass is 10.0. The van der Waals surface area contributed by atoms with E-state index in [0.717, 1.165) is 5.56 Å². The number of carbonyl (C=O) groups is 1. The van der Waals surface area contributed by atoms with Gasteiger partial charge in [0.1, 0.15) is 13.2 Å².